The van der Waals surface area contributed by atoms with Crippen LogP contribution >= 0.6 is 0 Å². The Hall–Kier alpha value is -3.02. The molecule has 4 N–H and O–H groups in total. The topological polar surface area (TPSA) is 89.8 Å². The Morgan fingerprint density at radius 1 is 1.09 bits per heavy atom. The van der Waals surface area contributed by atoms with Crippen molar-refractivity contribution < 1.29 is 4.79 Å². The fourth-order valence-electron chi connectivity index (χ4n) is 2.39. The smallest absolute Gasteiger partial charge is 0.323 e. The van der Waals surface area contributed by atoms with Crippen LogP contribution in [0.1, 0.15) is 12.5 Å². The molecule has 6 heteroatoms. The van der Waals surface area contributed by atoms with Crippen LogP contribution in [-0.4, -0.2) is 21.9 Å². The van der Waals surface area contributed by atoms with Gasteiger partial charge in [-0.2, -0.15) is 0 Å². The lowest BCUT2D eigenvalue weighted by Gasteiger charge is -2.16. The van der Waals surface area contributed by atoms with Crippen molar-refractivity contribution in [3.63, 3.8) is 0 Å². The number of hydrogen-bond acceptors (Lipinski definition) is 3. The van der Waals surface area contributed by atoms with E-state index in [1.165, 1.54) is 0 Å². The third-order valence-corrected chi connectivity index (χ3v) is 3.70. The van der Waals surface area contributed by atoms with Crippen molar-refractivity contribution in [3.8, 4) is 0 Å². The van der Waals surface area contributed by atoms with E-state index in [2.05, 4.69) is 20.6 Å². The molecule has 3 aromatic rings. The molecule has 1 unspecified atom stereocenters. The Bertz CT molecular complexity index is 910. The van der Waals surface area contributed by atoms with Gasteiger partial charge in [-0.15, -0.1) is 0 Å². The molecule has 23 heavy (non-hydrogen) atoms. The van der Waals surface area contributed by atoms with Gasteiger partial charge in [0.05, 0.1) is 11.0 Å². The number of carbonyl (C=O) groups excluding carboxylic acids is 1. The van der Waals surface area contributed by atoms with Crippen molar-refractivity contribution in [2.75, 3.05) is 10.6 Å². The molecule has 0 aliphatic rings. The molecular formula is C17H18N4O2. The van der Waals surface area contributed by atoms with Crippen LogP contribution in [0, 0.1) is 6.92 Å². The number of para-hydroxylation sites is 1. The first-order valence-corrected chi connectivity index (χ1v) is 7.38. The Balaban J connectivity index is 1.72. The van der Waals surface area contributed by atoms with Gasteiger partial charge in [-0.25, -0.2) is 4.79 Å². The van der Waals surface area contributed by atoms with Gasteiger partial charge in [-0.1, -0.05) is 18.2 Å². The summed E-state index contributed by atoms with van der Waals surface area (Å²) in [4.78, 5) is 28.9. The van der Waals surface area contributed by atoms with E-state index >= 15 is 0 Å². The maximum atomic E-state index is 12.3. The van der Waals surface area contributed by atoms with Crippen LogP contribution in [0.4, 0.5) is 11.4 Å². The van der Waals surface area contributed by atoms with Crippen LogP contribution in [-0.2, 0) is 4.79 Å². The second-order valence-electron chi connectivity index (χ2n) is 5.51. The lowest BCUT2D eigenvalue weighted by atomic mass is 10.2. The fraction of sp³-hybridized carbons (Fsp3) is 0.176. The van der Waals surface area contributed by atoms with Crippen LogP contribution in [0.5, 0.6) is 0 Å². The number of H-pyrrole nitrogens is 2. The number of fused-ring (bicyclic) bond motifs is 1. The Kier molecular flexibility index (Phi) is 3.89. The van der Waals surface area contributed by atoms with Crippen molar-refractivity contribution >= 4 is 28.3 Å². The van der Waals surface area contributed by atoms with Gasteiger partial charge in [0.1, 0.15) is 6.04 Å². The number of aromatic amines is 2. The highest BCUT2D eigenvalue weighted by molar-refractivity contribution is 5.97. The molecule has 0 radical (unpaired) electrons. The molecule has 0 fully saturated rings. The van der Waals surface area contributed by atoms with E-state index in [9.17, 15) is 9.59 Å². The van der Waals surface area contributed by atoms with Crippen LogP contribution in [0.2, 0.25) is 0 Å². The van der Waals surface area contributed by atoms with Crippen molar-refractivity contribution in [3.05, 3.63) is 58.5 Å². The van der Waals surface area contributed by atoms with Crippen molar-refractivity contribution in [2.45, 2.75) is 19.9 Å². The van der Waals surface area contributed by atoms with Crippen LogP contribution in [0.3, 0.4) is 0 Å². The normalized spacial score (nSPS) is 12.1. The third kappa shape index (κ3) is 3.26. The highest BCUT2D eigenvalue weighted by atomic mass is 16.2. The van der Waals surface area contributed by atoms with E-state index < -0.39 is 6.04 Å². The summed E-state index contributed by atoms with van der Waals surface area (Å²) in [5.41, 5.74) is 3.77. The number of amides is 1. The molecule has 0 spiro atoms. The lowest BCUT2D eigenvalue weighted by Crippen LogP contribution is -2.32. The molecule has 1 atom stereocenters. The molecule has 0 saturated heterocycles. The van der Waals surface area contributed by atoms with Gasteiger partial charge in [-0.3, -0.25) is 4.79 Å². The average molecular weight is 310 g/mol. The number of hydrogen-bond donors (Lipinski definition) is 4. The summed E-state index contributed by atoms with van der Waals surface area (Å²) in [5.74, 6) is -0.123. The van der Waals surface area contributed by atoms with Gasteiger partial charge in [0.15, 0.2) is 0 Å². The number of aryl methyl sites for hydroxylation is 1. The lowest BCUT2D eigenvalue weighted by molar-refractivity contribution is -0.116. The molecule has 0 aliphatic heterocycles. The fourth-order valence-corrected chi connectivity index (χ4v) is 2.39. The number of rotatable bonds is 4. The molecule has 2 aromatic carbocycles. The number of carbonyl (C=O) groups is 1. The number of benzene rings is 2. The highest BCUT2D eigenvalue weighted by Crippen LogP contribution is 2.17. The minimum Gasteiger partial charge on any atom is -0.374 e. The molecule has 0 bridgehead atoms. The van der Waals surface area contributed by atoms with E-state index in [-0.39, 0.29) is 11.6 Å². The molecule has 1 aromatic heterocycles. The Morgan fingerprint density at radius 2 is 1.83 bits per heavy atom. The number of imidazole rings is 1. The van der Waals surface area contributed by atoms with Gasteiger partial charge in [0.25, 0.3) is 0 Å². The van der Waals surface area contributed by atoms with Crippen molar-refractivity contribution in [2.24, 2.45) is 0 Å². The summed E-state index contributed by atoms with van der Waals surface area (Å²) in [7, 11) is 0. The zero-order chi connectivity index (χ0) is 16.4. The number of anilines is 2. The zero-order valence-electron chi connectivity index (χ0n) is 12.9. The molecule has 3 rings (SSSR count). The second-order valence-corrected chi connectivity index (χ2v) is 5.51. The summed E-state index contributed by atoms with van der Waals surface area (Å²) >= 11 is 0. The van der Waals surface area contributed by atoms with Crippen LogP contribution in [0.25, 0.3) is 11.0 Å². The predicted molar refractivity (Wildman–Crippen MR) is 91.8 cm³/mol. The van der Waals surface area contributed by atoms with E-state index in [1.54, 1.807) is 19.1 Å². The molecule has 6 nitrogen and oxygen atoms in total. The summed E-state index contributed by atoms with van der Waals surface area (Å²) in [6.07, 6.45) is 0. The Labute approximate surface area is 132 Å². The molecule has 1 heterocycles. The maximum absolute atomic E-state index is 12.3. The van der Waals surface area contributed by atoms with Crippen molar-refractivity contribution in [1.82, 2.24) is 9.97 Å². The van der Waals surface area contributed by atoms with Crippen LogP contribution in [0.15, 0.2) is 47.3 Å². The van der Waals surface area contributed by atoms with E-state index in [0.29, 0.717) is 5.52 Å². The first-order chi connectivity index (χ1) is 11.0. The van der Waals surface area contributed by atoms with E-state index in [4.69, 9.17) is 0 Å². The first-order valence-electron chi connectivity index (χ1n) is 7.38. The van der Waals surface area contributed by atoms with Crippen molar-refractivity contribution in [1.29, 1.82) is 0 Å². The summed E-state index contributed by atoms with van der Waals surface area (Å²) in [6, 6.07) is 12.6. The number of nitrogens with one attached hydrogen (secondary N) is 4. The SMILES string of the molecule is Cc1ccccc1NC(=O)C(C)Nc1ccc2[nH]c(=O)[nH]c2c1. The predicted octanol–water partition coefficient (Wildman–Crippen LogP) is 2.60. The molecular weight excluding hydrogens is 292 g/mol. The van der Waals surface area contributed by atoms with Crippen LogP contribution < -0.4 is 16.3 Å². The summed E-state index contributed by atoms with van der Waals surface area (Å²) in [5, 5.41) is 6.04. The van der Waals surface area contributed by atoms with Gasteiger partial charge in [0.2, 0.25) is 5.91 Å². The quantitative estimate of drug-likeness (QED) is 0.597. The first kappa shape index (κ1) is 14.9. The maximum Gasteiger partial charge on any atom is 0.323 e. The zero-order valence-corrected chi connectivity index (χ0v) is 12.9. The van der Waals surface area contributed by atoms with E-state index in [0.717, 1.165) is 22.5 Å². The molecule has 0 saturated carbocycles. The standard InChI is InChI=1S/C17H18N4O2/c1-10-5-3-4-6-13(10)19-16(22)11(2)18-12-7-8-14-15(9-12)21-17(23)20-14/h3-9,11,18H,1-2H3,(H,19,22)(H2,20,21,23). The monoisotopic (exact) mass is 310 g/mol. The minimum absolute atomic E-state index is 0.123. The average Bonchev–Trinajstić information content (AvgIpc) is 2.88. The Morgan fingerprint density at radius 3 is 2.61 bits per heavy atom. The second kappa shape index (κ2) is 6.00. The summed E-state index contributed by atoms with van der Waals surface area (Å²) < 4.78 is 0. The van der Waals surface area contributed by atoms with Gasteiger partial charge >= 0.3 is 5.69 Å². The van der Waals surface area contributed by atoms with Gasteiger partial charge < -0.3 is 20.6 Å². The molecule has 118 valence electrons. The minimum atomic E-state index is -0.419. The van der Waals surface area contributed by atoms with E-state index in [1.807, 2.05) is 37.3 Å². The third-order valence-electron chi connectivity index (χ3n) is 3.70. The largest absolute Gasteiger partial charge is 0.374 e. The summed E-state index contributed by atoms with van der Waals surface area (Å²) in [6.45, 7) is 3.74. The highest BCUT2D eigenvalue weighted by Gasteiger charge is 2.14. The van der Waals surface area contributed by atoms with Gasteiger partial charge in [-0.05, 0) is 43.7 Å². The number of aromatic nitrogens is 2. The molecule has 0 aliphatic carbocycles. The van der Waals surface area contributed by atoms with Gasteiger partial charge in [0, 0.05) is 11.4 Å². The molecule has 1 amide bonds.